The number of hydrogen-bond donors (Lipinski definition) is 0. The molecule has 3 rings (SSSR count). The second-order valence-corrected chi connectivity index (χ2v) is 7.00. The van der Waals surface area contributed by atoms with Gasteiger partial charge in [0.05, 0.1) is 17.7 Å². The molecular formula is C24H18BrNO4. The summed E-state index contributed by atoms with van der Waals surface area (Å²) in [6.45, 7) is -0.261. The summed E-state index contributed by atoms with van der Waals surface area (Å²) in [7, 11) is 1.48. The molecule has 0 radical (unpaired) electrons. The molecule has 0 amide bonds. The summed E-state index contributed by atoms with van der Waals surface area (Å²) in [5.41, 5.74) is 2.88. The van der Waals surface area contributed by atoms with Crippen LogP contribution < -0.4 is 14.2 Å². The predicted octanol–water partition coefficient (Wildman–Crippen LogP) is 5.65. The van der Waals surface area contributed by atoms with Crippen molar-refractivity contribution in [2.75, 3.05) is 13.7 Å². The molecule has 30 heavy (non-hydrogen) atoms. The third kappa shape index (κ3) is 5.49. The summed E-state index contributed by atoms with van der Waals surface area (Å²) >= 11 is 3.49. The van der Waals surface area contributed by atoms with Crippen molar-refractivity contribution >= 4 is 28.0 Å². The largest absolute Gasteiger partial charge is 0.493 e. The van der Waals surface area contributed by atoms with Crippen molar-refractivity contribution in [3.8, 4) is 34.4 Å². The molecule has 0 aliphatic heterocycles. The summed E-state index contributed by atoms with van der Waals surface area (Å²) in [5.74, 6) is 0.638. The van der Waals surface area contributed by atoms with E-state index in [9.17, 15) is 4.79 Å². The van der Waals surface area contributed by atoms with Gasteiger partial charge >= 0.3 is 5.97 Å². The van der Waals surface area contributed by atoms with E-state index >= 15 is 0 Å². The molecule has 0 heterocycles. The van der Waals surface area contributed by atoms with E-state index < -0.39 is 5.97 Å². The average molecular weight is 464 g/mol. The van der Waals surface area contributed by atoms with Crippen LogP contribution in [0.15, 0.2) is 77.3 Å². The number of rotatable bonds is 7. The van der Waals surface area contributed by atoms with Gasteiger partial charge in [-0.05, 0) is 63.0 Å². The number of allylic oxidation sites excluding steroid dienone is 1. The van der Waals surface area contributed by atoms with Crippen LogP contribution in [0.25, 0.3) is 17.2 Å². The van der Waals surface area contributed by atoms with Crippen LogP contribution in [0, 0.1) is 11.3 Å². The first-order valence-electron chi connectivity index (χ1n) is 9.03. The molecule has 0 aliphatic rings. The fourth-order valence-electron chi connectivity index (χ4n) is 2.72. The molecule has 0 aromatic heterocycles. The maximum atomic E-state index is 12.2. The zero-order chi connectivity index (χ0) is 21.3. The number of ether oxygens (including phenoxy) is 3. The van der Waals surface area contributed by atoms with E-state index in [1.807, 2.05) is 48.5 Å². The number of carbonyl (C=O) groups is 1. The minimum atomic E-state index is -0.562. The zero-order valence-corrected chi connectivity index (χ0v) is 17.8. The molecule has 0 N–H and O–H groups in total. The van der Waals surface area contributed by atoms with Crippen LogP contribution in [0.1, 0.15) is 5.56 Å². The second-order valence-electron chi connectivity index (χ2n) is 6.15. The zero-order valence-electron chi connectivity index (χ0n) is 16.2. The summed E-state index contributed by atoms with van der Waals surface area (Å²) in [5, 5.41) is 8.62. The Morgan fingerprint density at radius 1 is 1.00 bits per heavy atom. The number of halogens is 1. The first kappa shape index (κ1) is 21.2. The Balaban J connectivity index is 1.63. The van der Waals surface area contributed by atoms with Crippen LogP contribution in [0.3, 0.4) is 0 Å². The van der Waals surface area contributed by atoms with Crippen molar-refractivity contribution in [3.05, 3.63) is 82.8 Å². The van der Waals surface area contributed by atoms with Crippen LogP contribution in [0.5, 0.6) is 17.2 Å². The van der Waals surface area contributed by atoms with Crippen LogP contribution in [-0.4, -0.2) is 19.7 Å². The lowest BCUT2D eigenvalue weighted by Gasteiger charge is -2.12. The molecule has 5 nitrogen and oxygen atoms in total. The van der Waals surface area contributed by atoms with Crippen molar-refractivity contribution in [1.82, 2.24) is 0 Å². The Hall–Kier alpha value is -3.56. The monoisotopic (exact) mass is 463 g/mol. The highest BCUT2D eigenvalue weighted by Crippen LogP contribution is 2.31. The normalized spacial score (nSPS) is 10.4. The average Bonchev–Trinajstić information content (AvgIpc) is 2.78. The highest BCUT2D eigenvalue weighted by atomic mass is 79.9. The molecule has 0 unspecified atom stereocenters. The van der Waals surface area contributed by atoms with Crippen molar-refractivity contribution in [2.45, 2.75) is 0 Å². The van der Waals surface area contributed by atoms with Gasteiger partial charge in [0, 0.05) is 6.08 Å². The summed E-state index contributed by atoms with van der Waals surface area (Å²) < 4.78 is 17.0. The lowest BCUT2D eigenvalue weighted by atomic mass is 10.1. The van der Waals surface area contributed by atoms with Gasteiger partial charge in [-0.2, -0.15) is 5.26 Å². The lowest BCUT2D eigenvalue weighted by Crippen LogP contribution is -2.18. The fraction of sp³-hybridized carbons (Fsp3) is 0.0833. The number of esters is 1. The Morgan fingerprint density at radius 2 is 1.77 bits per heavy atom. The summed E-state index contributed by atoms with van der Waals surface area (Å²) in [6, 6.07) is 22.6. The van der Waals surface area contributed by atoms with Crippen LogP contribution in [0.2, 0.25) is 0 Å². The molecule has 150 valence electrons. The number of nitriles is 1. The Morgan fingerprint density at radius 3 is 2.47 bits per heavy atom. The van der Waals surface area contributed by atoms with Gasteiger partial charge in [0.2, 0.25) is 0 Å². The topological polar surface area (TPSA) is 68.5 Å². The summed E-state index contributed by atoms with van der Waals surface area (Å²) in [4.78, 5) is 12.2. The molecule has 0 atom stereocenters. The van der Waals surface area contributed by atoms with Crippen molar-refractivity contribution < 1.29 is 19.0 Å². The molecular weight excluding hydrogens is 446 g/mol. The van der Waals surface area contributed by atoms with Gasteiger partial charge in [-0.15, -0.1) is 0 Å². The fourth-order valence-corrected chi connectivity index (χ4v) is 3.22. The molecule has 3 aromatic rings. The van der Waals surface area contributed by atoms with Crippen LogP contribution in [-0.2, 0) is 4.79 Å². The molecule has 0 saturated heterocycles. The van der Waals surface area contributed by atoms with E-state index in [-0.39, 0.29) is 12.4 Å². The maximum absolute atomic E-state index is 12.2. The molecule has 6 heteroatoms. The van der Waals surface area contributed by atoms with Gasteiger partial charge in [0.25, 0.3) is 0 Å². The standard InChI is InChI=1S/C24H18BrNO4/c1-28-23-14-17(6-5-13-26)9-11-22(23)30-24(27)16-29-21-12-10-19(15-20(21)25)18-7-3-2-4-8-18/h2-12,14-15H,16H2,1H3/b6-5-. The number of nitrogens with zero attached hydrogens (tertiary/aromatic N) is 1. The highest BCUT2D eigenvalue weighted by Gasteiger charge is 2.13. The number of benzene rings is 3. The van der Waals surface area contributed by atoms with Crippen molar-refractivity contribution in [1.29, 1.82) is 5.26 Å². The van der Waals surface area contributed by atoms with E-state index in [0.717, 1.165) is 21.2 Å². The Labute approximate surface area is 183 Å². The molecule has 0 saturated carbocycles. The molecule has 0 bridgehead atoms. The van der Waals surface area contributed by atoms with E-state index in [1.54, 1.807) is 30.3 Å². The van der Waals surface area contributed by atoms with Gasteiger partial charge in [-0.1, -0.05) is 42.5 Å². The third-order valence-corrected chi connectivity index (χ3v) is 4.77. The first-order valence-corrected chi connectivity index (χ1v) is 9.82. The minimum Gasteiger partial charge on any atom is -0.493 e. The van der Waals surface area contributed by atoms with Gasteiger partial charge in [0.1, 0.15) is 5.75 Å². The molecule has 3 aromatic carbocycles. The summed E-state index contributed by atoms with van der Waals surface area (Å²) in [6.07, 6.45) is 2.99. The SMILES string of the molecule is COc1cc(/C=C\C#N)ccc1OC(=O)COc1ccc(-c2ccccc2)cc1Br. The smallest absolute Gasteiger partial charge is 0.349 e. The number of carbonyl (C=O) groups excluding carboxylic acids is 1. The first-order chi connectivity index (χ1) is 14.6. The van der Waals surface area contributed by atoms with Crippen LogP contribution >= 0.6 is 15.9 Å². The molecule has 0 spiro atoms. The van der Waals surface area contributed by atoms with Gasteiger partial charge in [0.15, 0.2) is 18.1 Å². The molecule has 0 fully saturated rings. The Bertz CT molecular complexity index is 1100. The lowest BCUT2D eigenvalue weighted by molar-refractivity contribution is -0.136. The van der Waals surface area contributed by atoms with Gasteiger partial charge in [-0.3, -0.25) is 0 Å². The van der Waals surface area contributed by atoms with E-state index in [4.69, 9.17) is 19.5 Å². The number of hydrogen-bond acceptors (Lipinski definition) is 5. The van der Waals surface area contributed by atoms with Crippen molar-refractivity contribution in [3.63, 3.8) is 0 Å². The number of methoxy groups -OCH3 is 1. The van der Waals surface area contributed by atoms with E-state index in [2.05, 4.69) is 15.9 Å². The maximum Gasteiger partial charge on any atom is 0.349 e. The minimum absolute atomic E-state index is 0.261. The quantitative estimate of drug-likeness (QED) is 0.257. The third-order valence-electron chi connectivity index (χ3n) is 4.15. The highest BCUT2D eigenvalue weighted by molar-refractivity contribution is 9.10. The van der Waals surface area contributed by atoms with Crippen LogP contribution in [0.4, 0.5) is 0 Å². The van der Waals surface area contributed by atoms with E-state index in [0.29, 0.717) is 11.5 Å². The van der Waals surface area contributed by atoms with Gasteiger partial charge in [-0.25, -0.2) is 4.79 Å². The Kier molecular flexibility index (Phi) is 7.25. The van der Waals surface area contributed by atoms with Crippen molar-refractivity contribution in [2.24, 2.45) is 0 Å². The van der Waals surface area contributed by atoms with E-state index in [1.165, 1.54) is 13.2 Å². The van der Waals surface area contributed by atoms with Gasteiger partial charge < -0.3 is 14.2 Å². The second kappa shape index (κ2) is 10.3. The predicted molar refractivity (Wildman–Crippen MR) is 118 cm³/mol. The molecule has 0 aliphatic carbocycles.